The van der Waals surface area contributed by atoms with Crippen molar-refractivity contribution >= 4 is 11.8 Å². The summed E-state index contributed by atoms with van der Waals surface area (Å²) in [4.78, 5) is 26.7. The smallest absolute Gasteiger partial charge is 0.269 e. The van der Waals surface area contributed by atoms with Crippen molar-refractivity contribution in [1.29, 1.82) is 0 Å². The Kier molecular flexibility index (Phi) is 4.26. The lowest BCUT2D eigenvalue weighted by Gasteiger charge is -2.32. The van der Waals surface area contributed by atoms with Crippen LogP contribution in [0.2, 0.25) is 0 Å². The fourth-order valence-corrected chi connectivity index (χ4v) is 3.70. The average molecular weight is 352 g/mol. The first-order chi connectivity index (χ1) is 12.6. The van der Waals surface area contributed by atoms with Crippen molar-refractivity contribution in [1.82, 2.24) is 20.0 Å². The van der Waals surface area contributed by atoms with E-state index in [4.69, 9.17) is 0 Å². The summed E-state index contributed by atoms with van der Waals surface area (Å²) in [6.07, 6.45) is 4.84. The summed E-state index contributed by atoms with van der Waals surface area (Å²) in [5, 5.41) is 7.15. The molecule has 2 aliphatic rings. The summed E-state index contributed by atoms with van der Waals surface area (Å²) >= 11 is 0. The number of amides is 2. The third-order valence-electron chi connectivity index (χ3n) is 5.72. The summed E-state index contributed by atoms with van der Waals surface area (Å²) in [5.41, 5.74) is 2.70. The summed E-state index contributed by atoms with van der Waals surface area (Å²) in [6, 6.07) is 11.5. The topological polar surface area (TPSA) is 67.2 Å². The van der Waals surface area contributed by atoms with E-state index in [9.17, 15) is 9.59 Å². The Labute approximate surface area is 153 Å². The zero-order valence-corrected chi connectivity index (χ0v) is 15.1. The Hall–Kier alpha value is -2.63. The highest BCUT2D eigenvalue weighted by molar-refractivity contribution is 5.96. The van der Waals surface area contributed by atoms with Crippen LogP contribution in [-0.4, -0.2) is 46.1 Å². The standard InChI is InChI=1S/C20H24N4O2/c1-23-17(13-16(22-23)15-5-3-2-4-6-15)19(26)21-14-18(25)24-11-9-20(7-8-20)10-12-24/h2-6,13H,7-12,14H2,1H3,(H,21,26). The molecule has 2 aromatic rings. The summed E-state index contributed by atoms with van der Waals surface area (Å²) in [6.45, 7) is 1.68. The fourth-order valence-electron chi connectivity index (χ4n) is 3.70. The number of hydrogen-bond acceptors (Lipinski definition) is 3. The van der Waals surface area contributed by atoms with Gasteiger partial charge in [-0.05, 0) is 37.2 Å². The Balaban J connectivity index is 1.35. The molecule has 26 heavy (non-hydrogen) atoms. The van der Waals surface area contributed by atoms with E-state index in [1.807, 2.05) is 35.2 Å². The maximum Gasteiger partial charge on any atom is 0.269 e. The van der Waals surface area contributed by atoms with Crippen LogP contribution in [0.1, 0.15) is 36.2 Å². The van der Waals surface area contributed by atoms with Crippen LogP contribution in [0.25, 0.3) is 11.3 Å². The lowest BCUT2D eigenvalue weighted by Crippen LogP contribution is -2.44. The van der Waals surface area contributed by atoms with Gasteiger partial charge in [0.2, 0.25) is 5.91 Å². The minimum absolute atomic E-state index is 0.000647. The molecule has 1 saturated carbocycles. The van der Waals surface area contributed by atoms with Crippen LogP contribution in [0.15, 0.2) is 36.4 Å². The van der Waals surface area contributed by atoms with Gasteiger partial charge in [0.05, 0.1) is 12.2 Å². The predicted molar refractivity (Wildman–Crippen MR) is 98.5 cm³/mol. The molecule has 1 aromatic heterocycles. The van der Waals surface area contributed by atoms with Gasteiger partial charge in [0, 0.05) is 25.7 Å². The number of nitrogens with zero attached hydrogens (tertiary/aromatic N) is 3. The molecule has 0 unspecified atom stereocenters. The molecule has 1 aliphatic carbocycles. The van der Waals surface area contributed by atoms with Gasteiger partial charge in [-0.25, -0.2) is 0 Å². The van der Waals surface area contributed by atoms with Gasteiger partial charge < -0.3 is 10.2 Å². The molecule has 1 N–H and O–H groups in total. The maximum atomic E-state index is 12.5. The van der Waals surface area contributed by atoms with Crippen molar-refractivity contribution < 1.29 is 9.59 Å². The minimum atomic E-state index is -0.272. The van der Waals surface area contributed by atoms with Gasteiger partial charge >= 0.3 is 0 Å². The number of aryl methyl sites for hydroxylation is 1. The van der Waals surface area contributed by atoms with Gasteiger partial charge in [0.25, 0.3) is 5.91 Å². The van der Waals surface area contributed by atoms with Gasteiger partial charge in [-0.15, -0.1) is 0 Å². The van der Waals surface area contributed by atoms with Gasteiger partial charge in [-0.2, -0.15) is 5.10 Å². The van der Waals surface area contributed by atoms with Crippen LogP contribution < -0.4 is 5.32 Å². The van der Waals surface area contributed by atoms with Crippen molar-refractivity contribution in [2.45, 2.75) is 25.7 Å². The van der Waals surface area contributed by atoms with E-state index in [0.717, 1.165) is 37.2 Å². The number of hydrogen-bond donors (Lipinski definition) is 1. The van der Waals surface area contributed by atoms with E-state index in [0.29, 0.717) is 11.1 Å². The molecule has 0 atom stereocenters. The van der Waals surface area contributed by atoms with E-state index in [1.165, 1.54) is 12.8 Å². The molecule has 6 nitrogen and oxygen atoms in total. The average Bonchev–Trinajstić information content (AvgIpc) is 3.30. The zero-order valence-electron chi connectivity index (χ0n) is 15.1. The molecule has 0 bridgehead atoms. The number of likely N-dealkylation sites (tertiary alicyclic amines) is 1. The number of rotatable bonds is 4. The molecule has 1 aliphatic heterocycles. The molecular weight excluding hydrogens is 328 g/mol. The normalized spacial score (nSPS) is 18.0. The van der Waals surface area contributed by atoms with Crippen molar-refractivity contribution in [2.24, 2.45) is 12.5 Å². The van der Waals surface area contributed by atoms with E-state index in [1.54, 1.807) is 17.8 Å². The number of nitrogens with one attached hydrogen (secondary N) is 1. The van der Waals surface area contributed by atoms with Crippen molar-refractivity contribution in [2.75, 3.05) is 19.6 Å². The largest absolute Gasteiger partial charge is 0.342 e. The third kappa shape index (κ3) is 3.36. The number of carbonyl (C=O) groups excluding carboxylic acids is 2. The fraction of sp³-hybridized carbons (Fsp3) is 0.450. The predicted octanol–water partition coefficient (Wildman–Crippen LogP) is 2.22. The molecule has 1 aromatic carbocycles. The summed E-state index contributed by atoms with van der Waals surface area (Å²) in [5.74, 6) is -0.273. The van der Waals surface area contributed by atoms with Crippen molar-refractivity contribution in [3.8, 4) is 11.3 Å². The van der Waals surface area contributed by atoms with Crippen LogP contribution in [0.4, 0.5) is 0 Å². The number of aromatic nitrogens is 2. The second-order valence-electron chi connectivity index (χ2n) is 7.47. The highest BCUT2D eigenvalue weighted by Gasteiger charge is 2.44. The second kappa shape index (κ2) is 6.59. The summed E-state index contributed by atoms with van der Waals surface area (Å²) < 4.78 is 1.56. The zero-order chi connectivity index (χ0) is 18.1. The number of carbonyl (C=O) groups is 2. The van der Waals surface area contributed by atoms with E-state index in [2.05, 4.69) is 10.4 Å². The third-order valence-corrected chi connectivity index (χ3v) is 5.72. The van der Waals surface area contributed by atoms with Crippen LogP contribution in [0.5, 0.6) is 0 Å². The van der Waals surface area contributed by atoms with Crippen molar-refractivity contribution in [3.05, 3.63) is 42.1 Å². The van der Waals surface area contributed by atoms with Gasteiger partial charge in [0.15, 0.2) is 0 Å². The van der Waals surface area contributed by atoms with E-state index < -0.39 is 0 Å². The maximum absolute atomic E-state index is 12.5. The molecule has 4 rings (SSSR count). The number of benzene rings is 1. The van der Waals surface area contributed by atoms with Gasteiger partial charge in [-0.1, -0.05) is 30.3 Å². The van der Waals surface area contributed by atoms with Gasteiger partial charge in [-0.3, -0.25) is 14.3 Å². The Morgan fingerprint density at radius 3 is 2.46 bits per heavy atom. The summed E-state index contributed by atoms with van der Waals surface area (Å²) in [7, 11) is 1.74. The highest BCUT2D eigenvalue weighted by Crippen LogP contribution is 2.53. The Morgan fingerprint density at radius 2 is 1.81 bits per heavy atom. The lowest BCUT2D eigenvalue weighted by molar-refractivity contribution is -0.131. The molecule has 2 fully saturated rings. The molecule has 2 heterocycles. The SMILES string of the molecule is Cn1nc(-c2ccccc2)cc1C(=O)NCC(=O)N1CCC2(CC1)CC2. The minimum Gasteiger partial charge on any atom is -0.342 e. The van der Waals surface area contributed by atoms with Crippen LogP contribution in [0.3, 0.4) is 0 Å². The van der Waals surface area contributed by atoms with Crippen LogP contribution >= 0.6 is 0 Å². The lowest BCUT2D eigenvalue weighted by atomic mass is 9.94. The molecule has 136 valence electrons. The van der Waals surface area contributed by atoms with Crippen molar-refractivity contribution in [3.63, 3.8) is 0 Å². The van der Waals surface area contributed by atoms with Crippen LogP contribution in [0, 0.1) is 5.41 Å². The molecule has 2 amide bonds. The molecule has 0 radical (unpaired) electrons. The van der Waals surface area contributed by atoms with Gasteiger partial charge in [0.1, 0.15) is 5.69 Å². The first-order valence-corrected chi connectivity index (χ1v) is 9.22. The first-order valence-electron chi connectivity index (χ1n) is 9.22. The highest BCUT2D eigenvalue weighted by atomic mass is 16.2. The molecule has 1 spiro atoms. The Morgan fingerprint density at radius 1 is 1.12 bits per heavy atom. The first kappa shape index (κ1) is 16.8. The van der Waals surface area contributed by atoms with E-state index >= 15 is 0 Å². The molecular formula is C20H24N4O2. The quantitative estimate of drug-likeness (QED) is 0.917. The molecule has 1 saturated heterocycles. The molecule has 6 heteroatoms. The van der Waals surface area contributed by atoms with Crippen LogP contribution in [-0.2, 0) is 11.8 Å². The second-order valence-corrected chi connectivity index (χ2v) is 7.47. The Bertz CT molecular complexity index is 814. The van der Waals surface area contributed by atoms with E-state index in [-0.39, 0.29) is 18.4 Å². The number of piperidine rings is 1. The monoisotopic (exact) mass is 352 g/mol.